The molecular weight excluding hydrogens is 412 g/mol. The molecular formula is C24H34N2O6. The zero-order chi connectivity index (χ0) is 23.4. The number of carbonyl (C=O) groups is 3. The van der Waals surface area contributed by atoms with Crippen molar-refractivity contribution in [3.05, 3.63) is 35.9 Å². The monoisotopic (exact) mass is 446 g/mol. The number of piperidine rings is 1. The van der Waals surface area contributed by atoms with Crippen molar-refractivity contribution in [3.8, 4) is 0 Å². The Kier molecular flexibility index (Phi) is 7.31. The van der Waals surface area contributed by atoms with Crippen LogP contribution in [0.25, 0.3) is 0 Å². The average Bonchev–Trinajstić information content (AvgIpc) is 3.11. The molecule has 0 radical (unpaired) electrons. The lowest BCUT2D eigenvalue weighted by atomic mass is 9.76. The van der Waals surface area contributed by atoms with Gasteiger partial charge in [0.2, 0.25) is 0 Å². The summed E-state index contributed by atoms with van der Waals surface area (Å²) in [6.07, 6.45) is 1.04. The van der Waals surface area contributed by atoms with Crippen molar-refractivity contribution in [1.29, 1.82) is 0 Å². The lowest BCUT2D eigenvalue weighted by molar-refractivity contribution is -0.148. The Hall–Kier alpha value is -2.77. The van der Waals surface area contributed by atoms with Crippen molar-refractivity contribution in [2.45, 2.75) is 65.2 Å². The van der Waals surface area contributed by atoms with Gasteiger partial charge in [-0.05, 0) is 57.9 Å². The third kappa shape index (κ3) is 5.93. The molecule has 0 aromatic heterocycles. The Balaban J connectivity index is 1.65. The van der Waals surface area contributed by atoms with Gasteiger partial charge in [-0.2, -0.15) is 0 Å². The van der Waals surface area contributed by atoms with Crippen molar-refractivity contribution in [3.63, 3.8) is 0 Å². The second kappa shape index (κ2) is 9.79. The smallest absolute Gasteiger partial charge is 0.410 e. The van der Waals surface area contributed by atoms with Gasteiger partial charge in [0, 0.05) is 19.6 Å². The number of amides is 2. The Bertz CT molecular complexity index is 812. The summed E-state index contributed by atoms with van der Waals surface area (Å²) in [7, 11) is 0. The molecule has 3 rings (SSSR count). The molecule has 2 saturated heterocycles. The van der Waals surface area contributed by atoms with Gasteiger partial charge in [-0.15, -0.1) is 0 Å². The van der Waals surface area contributed by atoms with Gasteiger partial charge in [-0.1, -0.05) is 30.3 Å². The van der Waals surface area contributed by atoms with E-state index in [2.05, 4.69) is 0 Å². The minimum absolute atomic E-state index is 0.144. The number of rotatable bonds is 4. The zero-order valence-electron chi connectivity index (χ0n) is 19.5. The van der Waals surface area contributed by atoms with Crippen molar-refractivity contribution in [2.24, 2.45) is 5.41 Å². The first-order chi connectivity index (χ1) is 15.1. The summed E-state index contributed by atoms with van der Waals surface area (Å²) in [4.78, 5) is 41.2. The molecule has 176 valence electrons. The molecule has 1 aromatic rings. The number of ether oxygens (including phenoxy) is 3. The Morgan fingerprint density at radius 2 is 1.69 bits per heavy atom. The van der Waals surface area contributed by atoms with Crippen LogP contribution in [-0.4, -0.2) is 65.8 Å². The van der Waals surface area contributed by atoms with Crippen LogP contribution < -0.4 is 0 Å². The highest BCUT2D eigenvalue weighted by atomic mass is 16.6. The number of nitrogens with zero attached hydrogens (tertiary/aromatic N) is 2. The molecule has 2 fully saturated rings. The minimum Gasteiger partial charge on any atom is -0.464 e. The van der Waals surface area contributed by atoms with Gasteiger partial charge < -0.3 is 19.1 Å². The fraction of sp³-hybridized carbons (Fsp3) is 0.625. The summed E-state index contributed by atoms with van der Waals surface area (Å²) < 4.78 is 16.2. The molecule has 0 saturated carbocycles. The van der Waals surface area contributed by atoms with E-state index in [1.807, 2.05) is 51.1 Å². The molecule has 0 aliphatic carbocycles. The molecule has 0 N–H and O–H groups in total. The second-order valence-electron chi connectivity index (χ2n) is 9.61. The predicted molar refractivity (Wildman–Crippen MR) is 118 cm³/mol. The van der Waals surface area contributed by atoms with Crippen molar-refractivity contribution < 1.29 is 28.6 Å². The number of carbonyl (C=O) groups excluding carboxylic acids is 3. The van der Waals surface area contributed by atoms with Crippen LogP contribution in [0.15, 0.2) is 30.3 Å². The maximum absolute atomic E-state index is 12.9. The maximum Gasteiger partial charge on any atom is 0.410 e. The Labute approximate surface area is 189 Å². The first-order valence-corrected chi connectivity index (χ1v) is 11.2. The number of hydrogen-bond acceptors (Lipinski definition) is 6. The fourth-order valence-corrected chi connectivity index (χ4v) is 4.35. The van der Waals surface area contributed by atoms with Crippen LogP contribution in [0.2, 0.25) is 0 Å². The Morgan fingerprint density at radius 1 is 1.03 bits per heavy atom. The number of esters is 1. The molecule has 1 aromatic carbocycles. The first kappa shape index (κ1) is 23.9. The van der Waals surface area contributed by atoms with Crippen LogP contribution in [-0.2, 0) is 25.6 Å². The molecule has 2 aliphatic rings. The first-order valence-electron chi connectivity index (χ1n) is 11.2. The number of hydrogen-bond donors (Lipinski definition) is 0. The zero-order valence-corrected chi connectivity index (χ0v) is 19.5. The Morgan fingerprint density at radius 3 is 2.28 bits per heavy atom. The molecule has 2 heterocycles. The van der Waals surface area contributed by atoms with Crippen LogP contribution in [0, 0.1) is 5.41 Å². The van der Waals surface area contributed by atoms with Gasteiger partial charge in [0.1, 0.15) is 18.2 Å². The minimum atomic E-state index is -0.675. The van der Waals surface area contributed by atoms with Gasteiger partial charge in [0.15, 0.2) is 0 Å². The van der Waals surface area contributed by atoms with Gasteiger partial charge in [0.05, 0.1) is 6.61 Å². The molecule has 2 aliphatic heterocycles. The molecule has 2 amide bonds. The van der Waals surface area contributed by atoms with E-state index in [0.717, 1.165) is 5.56 Å². The average molecular weight is 447 g/mol. The largest absolute Gasteiger partial charge is 0.464 e. The predicted octanol–water partition coefficient (Wildman–Crippen LogP) is 3.98. The standard InChI is InChI=1S/C24H34N2O6/c1-5-30-20(27)19-15-24(11-13-25(14-12-24)21(28)32-23(2,3)4)17-26(19)22(29)31-16-18-9-7-6-8-10-18/h6-10,19H,5,11-17H2,1-4H3. The van der Waals surface area contributed by atoms with Gasteiger partial charge in [-0.3, -0.25) is 4.90 Å². The molecule has 0 bridgehead atoms. The fourth-order valence-electron chi connectivity index (χ4n) is 4.35. The summed E-state index contributed by atoms with van der Waals surface area (Å²) in [6, 6.07) is 8.76. The highest BCUT2D eigenvalue weighted by Crippen LogP contribution is 2.44. The number of likely N-dealkylation sites (tertiary alicyclic amines) is 2. The summed E-state index contributed by atoms with van der Waals surface area (Å²) in [6.45, 7) is 9.14. The molecule has 1 atom stereocenters. The lowest BCUT2D eigenvalue weighted by Gasteiger charge is -2.39. The van der Waals surface area contributed by atoms with Gasteiger partial charge >= 0.3 is 18.2 Å². The van der Waals surface area contributed by atoms with E-state index in [1.165, 1.54) is 4.90 Å². The summed E-state index contributed by atoms with van der Waals surface area (Å²) in [5.41, 5.74) is 0.0865. The van der Waals surface area contributed by atoms with Crippen molar-refractivity contribution in [1.82, 2.24) is 9.80 Å². The van der Waals surface area contributed by atoms with E-state index in [9.17, 15) is 14.4 Å². The molecule has 1 spiro atoms. The SMILES string of the molecule is CCOC(=O)C1CC2(CCN(C(=O)OC(C)(C)C)CC2)CN1C(=O)OCc1ccccc1. The third-order valence-electron chi connectivity index (χ3n) is 5.98. The summed E-state index contributed by atoms with van der Waals surface area (Å²) >= 11 is 0. The van der Waals surface area contributed by atoms with E-state index in [-0.39, 0.29) is 24.7 Å². The lowest BCUT2D eigenvalue weighted by Crippen LogP contribution is -2.46. The van der Waals surface area contributed by atoms with Gasteiger partial charge in [-0.25, -0.2) is 14.4 Å². The maximum atomic E-state index is 12.9. The van der Waals surface area contributed by atoms with E-state index in [4.69, 9.17) is 14.2 Å². The molecule has 32 heavy (non-hydrogen) atoms. The van der Waals surface area contributed by atoms with Crippen LogP contribution in [0.1, 0.15) is 52.5 Å². The highest BCUT2D eigenvalue weighted by molar-refractivity contribution is 5.82. The second-order valence-corrected chi connectivity index (χ2v) is 9.61. The van der Waals surface area contributed by atoms with E-state index in [0.29, 0.717) is 38.9 Å². The van der Waals surface area contributed by atoms with E-state index < -0.39 is 23.7 Å². The van der Waals surface area contributed by atoms with Gasteiger partial charge in [0.25, 0.3) is 0 Å². The van der Waals surface area contributed by atoms with Crippen LogP contribution in [0.5, 0.6) is 0 Å². The number of benzene rings is 1. The van der Waals surface area contributed by atoms with E-state index >= 15 is 0 Å². The van der Waals surface area contributed by atoms with Crippen molar-refractivity contribution >= 4 is 18.2 Å². The highest BCUT2D eigenvalue weighted by Gasteiger charge is 2.51. The van der Waals surface area contributed by atoms with Crippen LogP contribution in [0.3, 0.4) is 0 Å². The van der Waals surface area contributed by atoms with Crippen LogP contribution in [0.4, 0.5) is 9.59 Å². The summed E-state index contributed by atoms with van der Waals surface area (Å²) in [5.74, 6) is -0.407. The topological polar surface area (TPSA) is 85.4 Å². The molecule has 1 unspecified atom stereocenters. The van der Waals surface area contributed by atoms with E-state index in [1.54, 1.807) is 11.8 Å². The quantitative estimate of drug-likeness (QED) is 0.514. The molecule has 8 nitrogen and oxygen atoms in total. The van der Waals surface area contributed by atoms with Crippen molar-refractivity contribution in [2.75, 3.05) is 26.2 Å². The van der Waals surface area contributed by atoms with Crippen LogP contribution >= 0.6 is 0 Å². The normalized spacial score (nSPS) is 20.2. The summed E-state index contributed by atoms with van der Waals surface area (Å²) in [5, 5.41) is 0. The molecule has 8 heteroatoms. The third-order valence-corrected chi connectivity index (χ3v) is 5.98.